The second kappa shape index (κ2) is 13.5. The Labute approximate surface area is 244 Å². The average Bonchev–Trinajstić information content (AvgIpc) is 3.35. The summed E-state index contributed by atoms with van der Waals surface area (Å²) in [4.78, 5) is 13.6. The first-order valence-corrected chi connectivity index (χ1v) is 16.0. The van der Waals surface area contributed by atoms with Crippen molar-refractivity contribution < 1.29 is 19.0 Å². The summed E-state index contributed by atoms with van der Waals surface area (Å²) < 4.78 is 19.8. The molecule has 0 aromatic heterocycles. The highest BCUT2D eigenvalue weighted by molar-refractivity contribution is 14.1. The van der Waals surface area contributed by atoms with Crippen LogP contribution in [0.15, 0.2) is 91.0 Å². The standard InChI is InChI=1S/C32H35IO4S/c33-17-10-18-38-28(26-15-8-3-9-16-26)19-29(34)37-30-31-35-23-27(36-31)22-32(30,20-24-11-4-1-5-12-24)21-25-13-6-2-7-14-25/h1-9,11-16,27-28,30-31H,10,17-23H2/t27-,28?,30+,31+/m0/s1. The number of alkyl halides is 1. The normalized spacial score (nSPS) is 22.6. The molecule has 0 saturated carbocycles. The van der Waals surface area contributed by atoms with Crippen LogP contribution in [0.3, 0.4) is 0 Å². The van der Waals surface area contributed by atoms with Gasteiger partial charge in [0.25, 0.3) is 0 Å². The van der Waals surface area contributed by atoms with Crippen molar-refractivity contribution in [3.8, 4) is 0 Å². The van der Waals surface area contributed by atoms with E-state index in [1.54, 1.807) is 0 Å². The molecule has 0 N–H and O–H groups in total. The van der Waals surface area contributed by atoms with Crippen molar-refractivity contribution in [3.63, 3.8) is 0 Å². The Balaban J connectivity index is 1.41. The molecular weight excluding hydrogens is 607 g/mol. The van der Waals surface area contributed by atoms with Crippen LogP contribution in [-0.4, -0.2) is 41.3 Å². The summed E-state index contributed by atoms with van der Waals surface area (Å²) >= 11 is 4.25. The van der Waals surface area contributed by atoms with Crippen molar-refractivity contribution in [1.82, 2.24) is 0 Å². The first kappa shape index (κ1) is 27.7. The number of carbonyl (C=O) groups excluding carboxylic acids is 1. The predicted octanol–water partition coefficient (Wildman–Crippen LogP) is 7.20. The van der Waals surface area contributed by atoms with Gasteiger partial charge in [0.2, 0.25) is 0 Å². The van der Waals surface area contributed by atoms with Gasteiger partial charge in [-0.2, -0.15) is 11.8 Å². The van der Waals surface area contributed by atoms with Gasteiger partial charge in [0.15, 0.2) is 12.4 Å². The molecule has 200 valence electrons. The van der Waals surface area contributed by atoms with Crippen molar-refractivity contribution in [2.75, 3.05) is 16.8 Å². The molecule has 0 radical (unpaired) electrons. The minimum absolute atomic E-state index is 0.0169. The van der Waals surface area contributed by atoms with Gasteiger partial charge < -0.3 is 14.2 Å². The smallest absolute Gasteiger partial charge is 0.307 e. The van der Waals surface area contributed by atoms with E-state index >= 15 is 0 Å². The molecule has 38 heavy (non-hydrogen) atoms. The van der Waals surface area contributed by atoms with E-state index < -0.39 is 12.4 Å². The highest BCUT2D eigenvalue weighted by atomic mass is 127. The summed E-state index contributed by atoms with van der Waals surface area (Å²) in [5, 5.41) is 0.0612. The number of ether oxygens (including phenoxy) is 3. The van der Waals surface area contributed by atoms with Gasteiger partial charge in [0.1, 0.15) is 0 Å². The van der Waals surface area contributed by atoms with Crippen molar-refractivity contribution in [2.24, 2.45) is 5.41 Å². The first-order valence-electron chi connectivity index (χ1n) is 13.4. The largest absolute Gasteiger partial charge is 0.456 e. The molecule has 0 spiro atoms. The lowest BCUT2D eigenvalue weighted by molar-refractivity contribution is -0.224. The molecule has 3 aromatic carbocycles. The van der Waals surface area contributed by atoms with E-state index in [2.05, 4.69) is 83.3 Å². The maximum absolute atomic E-state index is 13.6. The van der Waals surface area contributed by atoms with Gasteiger partial charge in [0, 0.05) is 15.1 Å². The van der Waals surface area contributed by atoms with Crippen molar-refractivity contribution >= 4 is 40.3 Å². The van der Waals surface area contributed by atoms with E-state index in [9.17, 15) is 4.79 Å². The zero-order valence-electron chi connectivity index (χ0n) is 21.5. The number of benzene rings is 3. The Morgan fingerprint density at radius 2 is 1.55 bits per heavy atom. The minimum atomic E-state index is -0.535. The Hall–Kier alpha value is -1.87. The number of esters is 1. The highest BCUT2D eigenvalue weighted by Gasteiger charge is 2.55. The highest BCUT2D eigenvalue weighted by Crippen LogP contribution is 2.47. The van der Waals surface area contributed by atoms with E-state index in [1.807, 2.05) is 42.1 Å². The number of rotatable bonds is 12. The van der Waals surface area contributed by atoms with Crippen molar-refractivity contribution in [3.05, 3.63) is 108 Å². The Morgan fingerprint density at radius 1 is 0.947 bits per heavy atom. The molecular formula is C32H35IO4S. The summed E-state index contributed by atoms with van der Waals surface area (Å²) in [5.74, 6) is 0.829. The quantitative estimate of drug-likeness (QED) is 0.0905. The maximum atomic E-state index is 13.6. The molecule has 2 aliphatic rings. The van der Waals surface area contributed by atoms with Crippen LogP contribution in [-0.2, 0) is 31.8 Å². The topological polar surface area (TPSA) is 44.8 Å². The summed E-state index contributed by atoms with van der Waals surface area (Å²) in [7, 11) is 0. The van der Waals surface area contributed by atoms with Crippen LogP contribution >= 0.6 is 34.4 Å². The Kier molecular flexibility index (Phi) is 9.81. The molecule has 3 aromatic rings. The van der Waals surface area contributed by atoms with Gasteiger partial charge in [-0.1, -0.05) is 114 Å². The van der Waals surface area contributed by atoms with Crippen LogP contribution in [0, 0.1) is 5.41 Å². The number of hydrogen-bond acceptors (Lipinski definition) is 5. The van der Waals surface area contributed by atoms with Gasteiger partial charge in [-0.3, -0.25) is 4.79 Å². The van der Waals surface area contributed by atoms with E-state index in [0.29, 0.717) is 13.0 Å². The van der Waals surface area contributed by atoms with Gasteiger partial charge >= 0.3 is 5.97 Å². The van der Waals surface area contributed by atoms with Crippen LogP contribution in [0.1, 0.15) is 41.2 Å². The van der Waals surface area contributed by atoms with E-state index in [4.69, 9.17) is 14.2 Å². The first-order chi connectivity index (χ1) is 18.6. The molecule has 2 saturated heterocycles. The van der Waals surface area contributed by atoms with Crippen molar-refractivity contribution in [2.45, 2.75) is 55.9 Å². The summed E-state index contributed by atoms with van der Waals surface area (Å²) in [6.45, 7) is 0.544. The van der Waals surface area contributed by atoms with E-state index in [1.165, 1.54) is 16.7 Å². The third kappa shape index (κ3) is 7.00. The van der Waals surface area contributed by atoms with Gasteiger partial charge in [-0.25, -0.2) is 0 Å². The third-order valence-corrected chi connectivity index (χ3v) is 9.56. The van der Waals surface area contributed by atoms with Crippen LogP contribution < -0.4 is 0 Å². The van der Waals surface area contributed by atoms with Gasteiger partial charge in [0.05, 0.1) is 19.1 Å². The summed E-state index contributed by atoms with van der Waals surface area (Å²) in [6.07, 6.45) is 2.84. The molecule has 0 amide bonds. The lowest BCUT2D eigenvalue weighted by Gasteiger charge is -2.46. The third-order valence-electron chi connectivity index (χ3n) is 7.43. The lowest BCUT2D eigenvalue weighted by atomic mass is 9.67. The van der Waals surface area contributed by atoms with Crippen LogP contribution in [0.4, 0.5) is 0 Å². The molecule has 2 bridgehead atoms. The molecule has 1 unspecified atom stereocenters. The zero-order chi connectivity index (χ0) is 26.2. The molecule has 4 atom stereocenters. The predicted molar refractivity (Wildman–Crippen MR) is 162 cm³/mol. The number of carbonyl (C=O) groups is 1. The summed E-state index contributed by atoms with van der Waals surface area (Å²) in [5.41, 5.74) is 3.32. The fourth-order valence-corrected chi connectivity index (χ4v) is 7.85. The monoisotopic (exact) mass is 642 g/mol. The molecule has 2 aliphatic heterocycles. The number of halogens is 1. The fraction of sp³-hybridized carbons (Fsp3) is 0.406. The molecule has 2 heterocycles. The van der Waals surface area contributed by atoms with Crippen LogP contribution in [0.5, 0.6) is 0 Å². The molecule has 4 nitrogen and oxygen atoms in total. The summed E-state index contributed by atoms with van der Waals surface area (Å²) in [6, 6.07) is 31.4. The fourth-order valence-electron chi connectivity index (χ4n) is 5.75. The van der Waals surface area contributed by atoms with Gasteiger partial charge in [-0.05, 0) is 48.1 Å². The van der Waals surface area contributed by atoms with Crippen LogP contribution in [0.25, 0.3) is 0 Å². The zero-order valence-corrected chi connectivity index (χ0v) is 24.5. The average molecular weight is 643 g/mol. The maximum Gasteiger partial charge on any atom is 0.307 e. The van der Waals surface area contributed by atoms with Crippen molar-refractivity contribution in [1.29, 1.82) is 0 Å². The molecule has 6 heteroatoms. The Bertz CT molecular complexity index is 1100. The second-order valence-electron chi connectivity index (χ2n) is 10.3. The molecule has 0 aliphatic carbocycles. The lowest BCUT2D eigenvalue weighted by Crippen LogP contribution is -2.53. The molecule has 5 rings (SSSR count). The minimum Gasteiger partial charge on any atom is -0.456 e. The Morgan fingerprint density at radius 3 is 2.16 bits per heavy atom. The van der Waals surface area contributed by atoms with E-state index in [-0.39, 0.29) is 22.7 Å². The number of hydrogen-bond donors (Lipinski definition) is 0. The SMILES string of the molecule is O=C(CC(SCCCI)c1ccccc1)O[C@@H]1[C@@H]2OC[C@H](CC1(Cc1ccccc1)Cc1ccccc1)O2. The molecule has 2 fully saturated rings. The second-order valence-corrected chi connectivity index (χ2v) is 12.7. The van der Waals surface area contributed by atoms with Gasteiger partial charge in [-0.15, -0.1) is 0 Å². The van der Waals surface area contributed by atoms with E-state index in [0.717, 1.165) is 35.9 Å². The van der Waals surface area contributed by atoms with Crippen LogP contribution in [0.2, 0.25) is 0 Å². The number of thioether (sulfide) groups is 1. The number of fused-ring (bicyclic) bond motifs is 2.